The molecular weight excluding hydrogens is 278 g/mol. The summed E-state index contributed by atoms with van der Waals surface area (Å²) in [6, 6.07) is 0.266. The topological polar surface area (TPSA) is 74.8 Å². The van der Waals surface area contributed by atoms with Crippen molar-refractivity contribution in [2.45, 2.75) is 51.5 Å². The molecule has 0 aromatic rings. The molecule has 4 bridgehead atoms. The maximum atomic E-state index is 12.1. The molecule has 4 saturated carbocycles. The van der Waals surface area contributed by atoms with Crippen LogP contribution in [-0.2, 0) is 9.59 Å². The van der Waals surface area contributed by atoms with E-state index in [0.29, 0.717) is 18.5 Å². The molecule has 0 radical (unpaired) electrons. The van der Waals surface area contributed by atoms with Gasteiger partial charge in [-0.3, -0.25) is 9.59 Å². The van der Waals surface area contributed by atoms with Crippen LogP contribution < -0.4 is 16.0 Å². The molecule has 0 spiro atoms. The quantitative estimate of drug-likeness (QED) is 0.647. The zero-order chi connectivity index (χ0) is 15.7. The number of rotatable bonds is 6. The molecular formula is C17H30N3O2+. The van der Waals surface area contributed by atoms with Crippen molar-refractivity contribution in [3.63, 3.8) is 0 Å². The smallest absolute Gasteiger partial charge is 0.275 e. The summed E-state index contributed by atoms with van der Waals surface area (Å²) in [5.74, 6) is 2.75. The van der Waals surface area contributed by atoms with E-state index in [-0.39, 0.29) is 17.9 Å². The van der Waals surface area contributed by atoms with Crippen LogP contribution in [0.3, 0.4) is 0 Å². The Morgan fingerprint density at radius 2 is 1.55 bits per heavy atom. The SMILES string of the molecule is CNC(=O)C[NH2+]CC(=O)N[C@H](C)C12CC3CC(CC(C3)C1)C2. The van der Waals surface area contributed by atoms with Crippen molar-refractivity contribution in [2.24, 2.45) is 23.2 Å². The van der Waals surface area contributed by atoms with Crippen molar-refractivity contribution in [3.8, 4) is 0 Å². The number of amides is 2. The maximum Gasteiger partial charge on any atom is 0.275 e. The van der Waals surface area contributed by atoms with Gasteiger partial charge in [-0.2, -0.15) is 0 Å². The second-order valence-corrected chi connectivity index (χ2v) is 7.94. The summed E-state index contributed by atoms with van der Waals surface area (Å²) in [6.45, 7) is 2.85. The lowest BCUT2D eigenvalue weighted by molar-refractivity contribution is -0.633. The van der Waals surface area contributed by atoms with Crippen molar-refractivity contribution >= 4 is 11.8 Å². The third kappa shape index (κ3) is 3.14. The van der Waals surface area contributed by atoms with Crippen LogP contribution in [0.1, 0.15) is 45.4 Å². The van der Waals surface area contributed by atoms with E-state index < -0.39 is 0 Å². The summed E-state index contributed by atoms with van der Waals surface area (Å²) in [5.41, 5.74) is 0.352. The van der Waals surface area contributed by atoms with E-state index in [0.717, 1.165) is 17.8 Å². The molecule has 4 rings (SSSR count). The van der Waals surface area contributed by atoms with Gasteiger partial charge < -0.3 is 16.0 Å². The van der Waals surface area contributed by atoms with Crippen LogP contribution in [0.15, 0.2) is 0 Å². The predicted molar refractivity (Wildman–Crippen MR) is 83.9 cm³/mol. The minimum absolute atomic E-state index is 0.0399. The van der Waals surface area contributed by atoms with E-state index in [2.05, 4.69) is 17.6 Å². The Labute approximate surface area is 133 Å². The van der Waals surface area contributed by atoms with E-state index >= 15 is 0 Å². The Morgan fingerprint density at radius 3 is 2.05 bits per heavy atom. The molecule has 0 aromatic heterocycles. The van der Waals surface area contributed by atoms with Crippen LogP contribution in [0.2, 0.25) is 0 Å². The van der Waals surface area contributed by atoms with Crippen molar-refractivity contribution in [1.29, 1.82) is 0 Å². The highest BCUT2D eigenvalue weighted by atomic mass is 16.2. The fourth-order valence-electron chi connectivity index (χ4n) is 5.60. The van der Waals surface area contributed by atoms with Crippen LogP contribution in [-0.4, -0.2) is 38.0 Å². The Bertz CT molecular complexity index is 414. The molecule has 4 aliphatic carbocycles. The molecule has 124 valence electrons. The minimum atomic E-state index is -0.0399. The lowest BCUT2D eigenvalue weighted by Gasteiger charge is -2.59. The van der Waals surface area contributed by atoms with Gasteiger partial charge in [-0.05, 0) is 68.6 Å². The highest BCUT2D eigenvalue weighted by molar-refractivity contribution is 5.78. The third-order valence-corrected chi connectivity index (χ3v) is 6.32. The van der Waals surface area contributed by atoms with Crippen LogP contribution in [0.25, 0.3) is 0 Å². The van der Waals surface area contributed by atoms with Crippen LogP contribution in [0, 0.1) is 23.2 Å². The van der Waals surface area contributed by atoms with Gasteiger partial charge in [0.1, 0.15) is 0 Å². The zero-order valence-corrected chi connectivity index (χ0v) is 13.9. The van der Waals surface area contributed by atoms with Crippen molar-refractivity contribution < 1.29 is 14.9 Å². The Hall–Kier alpha value is -1.10. The first-order valence-corrected chi connectivity index (χ1v) is 8.82. The largest absolute Gasteiger partial charge is 0.354 e. The number of likely N-dealkylation sites (N-methyl/N-ethyl adjacent to an activating group) is 1. The lowest BCUT2D eigenvalue weighted by atomic mass is 9.48. The molecule has 4 aliphatic rings. The second kappa shape index (κ2) is 6.19. The number of carbonyl (C=O) groups excluding carboxylic acids is 2. The predicted octanol–water partition coefficient (Wildman–Crippen LogP) is 0.0169. The van der Waals surface area contributed by atoms with Gasteiger partial charge in [0.05, 0.1) is 0 Å². The highest BCUT2D eigenvalue weighted by Crippen LogP contribution is 2.61. The summed E-state index contributed by atoms with van der Waals surface area (Å²) < 4.78 is 0. The molecule has 5 heteroatoms. The molecule has 4 fully saturated rings. The standard InChI is InChI=1S/C17H29N3O2/c1-11(20-16(22)10-19-9-15(21)18-2)17-6-12-3-13(7-17)5-14(4-12)8-17/h11-14,19H,3-10H2,1-2H3,(H,18,21)(H,20,22)/p+1/t11-,12?,13?,14?,17?/m1/s1. The van der Waals surface area contributed by atoms with E-state index in [1.165, 1.54) is 38.5 Å². The summed E-state index contributed by atoms with van der Waals surface area (Å²) >= 11 is 0. The van der Waals surface area contributed by atoms with Crippen molar-refractivity contribution in [1.82, 2.24) is 10.6 Å². The molecule has 1 atom stereocenters. The van der Waals surface area contributed by atoms with E-state index in [1.807, 2.05) is 0 Å². The molecule has 5 nitrogen and oxygen atoms in total. The monoisotopic (exact) mass is 308 g/mol. The molecule has 0 heterocycles. The zero-order valence-electron chi connectivity index (χ0n) is 13.9. The number of quaternary nitrogens is 1. The Morgan fingerprint density at radius 1 is 1.05 bits per heavy atom. The molecule has 4 N–H and O–H groups in total. The first kappa shape index (κ1) is 15.8. The number of nitrogens with one attached hydrogen (secondary N) is 2. The van der Waals surface area contributed by atoms with Gasteiger partial charge in [-0.1, -0.05) is 0 Å². The summed E-state index contributed by atoms with van der Waals surface area (Å²) in [6.07, 6.45) is 8.21. The number of carbonyl (C=O) groups is 2. The molecule has 0 aromatic carbocycles. The Balaban J connectivity index is 1.50. The fraction of sp³-hybridized carbons (Fsp3) is 0.882. The van der Waals surface area contributed by atoms with Gasteiger partial charge in [0, 0.05) is 13.1 Å². The van der Waals surface area contributed by atoms with E-state index in [1.54, 1.807) is 12.4 Å². The minimum Gasteiger partial charge on any atom is -0.354 e. The van der Waals surface area contributed by atoms with Crippen LogP contribution in [0.4, 0.5) is 0 Å². The maximum absolute atomic E-state index is 12.1. The molecule has 2 amide bonds. The normalized spacial score (nSPS) is 36.9. The van der Waals surface area contributed by atoms with Crippen molar-refractivity contribution in [2.75, 3.05) is 20.1 Å². The lowest BCUT2D eigenvalue weighted by Crippen LogP contribution is -2.89. The first-order valence-electron chi connectivity index (χ1n) is 8.82. The first-order chi connectivity index (χ1) is 10.5. The van der Waals surface area contributed by atoms with Gasteiger partial charge in [-0.15, -0.1) is 0 Å². The van der Waals surface area contributed by atoms with Gasteiger partial charge in [0.15, 0.2) is 13.1 Å². The third-order valence-electron chi connectivity index (χ3n) is 6.32. The van der Waals surface area contributed by atoms with Gasteiger partial charge in [-0.25, -0.2) is 0 Å². The van der Waals surface area contributed by atoms with Gasteiger partial charge in [0.25, 0.3) is 11.8 Å². The van der Waals surface area contributed by atoms with Gasteiger partial charge in [0.2, 0.25) is 0 Å². The average molecular weight is 308 g/mol. The number of hydrogen-bond donors (Lipinski definition) is 3. The Kier molecular flexibility index (Phi) is 4.44. The van der Waals surface area contributed by atoms with Crippen LogP contribution >= 0.6 is 0 Å². The number of nitrogens with two attached hydrogens (primary N) is 1. The molecule has 0 aliphatic heterocycles. The molecule has 22 heavy (non-hydrogen) atoms. The summed E-state index contributed by atoms with van der Waals surface area (Å²) in [4.78, 5) is 23.3. The highest BCUT2D eigenvalue weighted by Gasteiger charge is 2.53. The average Bonchev–Trinajstić information content (AvgIpc) is 2.45. The molecule has 0 saturated heterocycles. The fourth-order valence-corrected chi connectivity index (χ4v) is 5.60. The van der Waals surface area contributed by atoms with E-state index in [9.17, 15) is 9.59 Å². The summed E-state index contributed by atoms with van der Waals surface area (Å²) in [7, 11) is 1.62. The molecule has 0 unspecified atom stereocenters. The van der Waals surface area contributed by atoms with Gasteiger partial charge >= 0.3 is 0 Å². The number of hydrogen-bond acceptors (Lipinski definition) is 2. The van der Waals surface area contributed by atoms with E-state index in [4.69, 9.17) is 0 Å². The van der Waals surface area contributed by atoms with Crippen molar-refractivity contribution in [3.05, 3.63) is 0 Å². The second-order valence-electron chi connectivity index (χ2n) is 7.94. The summed E-state index contributed by atoms with van der Waals surface area (Å²) in [5, 5.41) is 7.56. The van der Waals surface area contributed by atoms with Crippen LogP contribution in [0.5, 0.6) is 0 Å².